The number of aryl methyl sites for hydroxylation is 3. The van der Waals surface area contributed by atoms with Crippen molar-refractivity contribution in [2.75, 3.05) is 26.8 Å². The Morgan fingerprint density at radius 3 is 2.71 bits per heavy atom. The zero-order valence-corrected chi connectivity index (χ0v) is 23.1. The van der Waals surface area contributed by atoms with Gasteiger partial charge in [0.1, 0.15) is 11.9 Å². The smallest absolute Gasteiger partial charge is 0.240 e. The van der Waals surface area contributed by atoms with E-state index in [1.807, 2.05) is 75.4 Å². The largest absolute Gasteiger partial charge is 0.476 e. The van der Waals surface area contributed by atoms with Crippen LogP contribution in [-0.4, -0.2) is 76.8 Å². The number of ether oxygens (including phenoxy) is 2. The molecule has 0 aliphatic carbocycles. The minimum Gasteiger partial charge on any atom is -0.476 e. The Balaban J connectivity index is 1.75. The van der Waals surface area contributed by atoms with Crippen molar-refractivity contribution in [3.8, 4) is 23.0 Å². The number of aliphatic hydroxyl groups is 1. The van der Waals surface area contributed by atoms with Gasteiger partial charge in [0.15, 0.2) is 0 Å². The molecule has 11 heteroatoms. The van der Waals surface area contributed by atoms with Gasteiger partial charge in [0.25, 0.3) is 0 Å². The highest BCUT2D eigenvalue weighted by Gasteiger charge is 2.25. The third kappa shape index (κ3) is 4.56. The highest BCUT2D eigenvalue weighted by atomic mass is 16.5. The molecule has 0 saturated carbocycles. The van der Waals surface area contributed by atoms with Crippen molar-refractivity contribution in [2.24, 2.45) is 7.05 Å². The number of hydrogen-bond donors (Lipinski definition) is 1. The van der Waals surface area contributed by atoms with Gasteiger partial charge in [-0.2, -0.15) is 5.10 Å². The van der Waals surface area contributed by atoms with Gasteiger partial charge in [-0.3, -0.25) is 14.0 Å². The molecule has 0 unspecified atom stereocenters. The molecule has 1 N–H and O–H groups in total. The fourth-order valence-corrected chi connectivity index (χ4v) is 5.09. The predicted octanol–water partition coefficient (Wildman–Crippen LogP) is 3.28. The van der Waals surface area contributed by atoms with Gasteiger partial charge in [-0.05, 0) is 53.8 Å². The van der Waals surface area contributed by atoms with Crippen LogP contribution in [0.5, 0.6) is 11.8 Å². The average molecular weight is 521 g/mol. The first kappa shape index (κ1) is 25.9. The van der Waals surface area contributed by atoms with Crippen molar-refractivity contribution >= 4 is 17.7 Å². The van der Waals surface area contributed by atoms with Gasteiger partial charge >= 0.3 is 0 Å². The van der Waals surface area contributed by atoms with Gasteiger partial charge in [0.05, 0.1) is 64.9 Å². The summed E-state index contributed by atoms with van der Waals surface area (Å²) in [5.41, 5.74) is 6.10. The fraction of sp³-hybridized carbons (Fsp3) is 0.481. The molecule has 4 aromatic rings. The zero-order chi connectivity index (χ0) is 27.1. The van der Waals surface area contributed by atoms with Gasteiger partial charge in [0.2, 0.25) is 11.8 Å². The Kier molecular flexibility index (Phi) is 6.97. The molecule has 4 aromatic heterocycles. The second-order valence-electron chi connectivity index (χ2n) is 10.0. The van der Waals surface area contributed by atoms with Crippen LogP contribution >= 0.6 is 0 Å². The molecule has 0 fully saturated rings. The van der Waals surface area contributed by atoms with E-state index in [2.05, 4.69) is 16.9 Å². The van der Waals surface area contributed by atoms with E-state index in [1.165, 1.54) is 0 Å². The molecule has 5 heterocycles. The van der Waals surface area contributed by atoms with Crippen LogP contribution in [0.4, 0.5) is 0 Å². The number of nitrogens with zero attached hydrogens (tertiary/aromatic N) is 8. The molecular weight excluding hydrogens is 484 g/mol. The Hall–Kier alpha value is -3.70. The molecule has 2 bridgehead atoms. The summed E-state index contributed by atoms with van der Waals surface area (Å²) in [7, 11) is 3.94. The van der Waals surface area contributed by atoms with Crippen LogP contribution in [0.2, 0.25) is 0 Å². The lowest BCUT2D eigenvalue weighted by Gasteiger charge is -2.24. The normalized spacial score (nSPS) is 17.9. The Morgan fingerprint density at radius 2 is 1.97 bits per heavy atom. The summed E-state index contributed by atoms with van der Waals surface area (Å²) in [4.78, 5) is 11.8. The number of aliphatic hydroxyl groups excluding tert-OH is 1. The first-order chi connectivity index (χ1) is 18.2. The molecule has 2 atom stereocenters. The third-order valence-electron chi connectivity index (χ3n) is 6.84. The molecule has 5 rings (SSSR count). The minimum atomic E-state index is -0.209. The summed E-state index contributed by atoms with van der Waals surface area (Å²) >= 11 is 0. The maximum absolute atomic E-state index is 9.96. The second-order valence-corrected chi connectivity index (χ2v) is 10.0. The molecular formula is C27H36N8O3. The number of aromatic nitrogens is 7. The number of imidazole rings is 1. The molecule has 1 aliphatic heterocycles. The van der Waals surface area contributed by atoms with Crippen molar-refractivity contribution in [1.29, 1.82) is 0 Å². The Labute approximate surface area is 222 Å². The Morgan fingerprint density at radius 1 is 1.18 bits per heavy atom. The van der Waals surface area contributed by atoms with Crippen molar-refractivity contribution in [2.45, 2.75) is 53.3 Å². The molecule has 38 heavy (non-hydrogen) atoms. The summed E-state index contributed by atoms with van der Waals surface area (Å²) in [6.07, 6.45) is 7.67. The van der Waals surface area contributed by atoms with E-state index < -0.39 is 0 Å². The van der Waals surface area contributed by atoms with Crippen LogP contribution in [0.1, 0.15) is 55.3 Å². The van der Waals surface area contributed by atoms with E-state index in [1.54, 1.807) is 4.68 Å². The van der Waals surface area contributed by atoms with E-state index in [0.29, 0.717) is 31.5 Å². The van der Waals surface area contributed by atoms with Crippen LogP contribution < -0.4 is 9.47 Å². The zero-order valence-electron chi connectivity index (χ0n) is 23.1. The third-order valence-corrected chi connectivity index (χ3v) is 6.84. The number of fused-ring (bicyclic) bond motifs is 4. The Bertz CT molecular complexity index is 1500. The SMILES string of the molecule is CCOc1nn([C@@H](C)CO)c2c1/C=C/c1ncc3c(C)nc(cn13)-c1c(C)nn(C)c1O[C@@H](C)CN(C)C2. The minimum absolute atomic E-state index is 0.0325. The van der Waals surface area contributed by atoms with Crippen LogP contribution in [0.3, 0.4) is 0 Å². The summed E-state index contributed by atoms with van der Waals surface area (Å²) in [6.45, 7) is 11.6. The number of hydrogen-bond acceptors (Lipinski definition) is 8. The van der Waals surface area contributed by atoms with Gasteiger partial charge in [-0.25, -0.2) is 14.6 Å². The summed E-state index contributed by atoms with van der Waals surface area (Å²) < 4.78 is 18.1. The standard InChI is InChI=1S/C27H36N8O3/c1-8-37-26-20-9-10-24-28-11-22-18(4)29-21(13-34(22)24)25-19(5)30-33(7)27(25)38-17(3)12-32(6)14-23(20)35(31-26)16(2)15-36/h9-11,13,16-17,36H,8,12,14-15H2,1-7H3/b10-9+/t16-,17-/m0/s1. The number of rotatable bonds is 4. The van der Waals surface area contributed by atoms with Crippen LogP contribution in [-0.2, 0) is 13.6 Å². The maximum Gasteiger partial charge on any atom is 0.240 e. The molecule has 0 radical (unpaired) electrons. The summed E-state index contributed by atoms with van der Waals surface area (Å²) in [5.74, 6) is 1.97. The fourth-order valence-electron chi connectivity index (χ4n) is 5.09. The molecule has 0 saturated heterocycles. The molecule has 0 amide bonds. The van der Waals surface area contributed by atoms with Crippen LogP contribution in [0.15, 0.2) is 12.4 Å². The summed E-state index contributed by atoms with van der Waals surface area (Å²) in [6, 6.07) is -0.209. The van der Waals surface area contributed by atoms with Crippen molar-refractivity contribution in [1.82, 2.24) is 38.8 Å². The summed E-state index contributed by atoms with van der Waals surface area (Å²) in [5, 5.41) is 19.4. The van der Waals surface area contributed by atoms with Gasteiger partial charge < -0.3 is 14.6 Å². The monoisotopic (exact) mass is 520 g/mol. The number of likely N-dealkylation sites (N-methyl/N-ethyl adjacent to an activating group) is 1. The lowest BCUT2D eigenvalue weighted by Crippen LogP contribution is -2.32. The maximum atomic E-state index is 9.96. The van der Waals surface area contributed by atoms with E-state index in [-0.39, 0.29) is 18.8 Å². The molecule has 1 aliphatic rings. The van der Waals surface area contributed by atoms with E-state index in [9.17, 15) is 5.11 Å². The average Bonchev–Trinajstić information content (AvgIpc) is 3.51. The quantitative estimate of drug-likeness (QED) is 0.437. The molecule has 11 nitrogen and oxygen atoms in total. The topological polar surface area (TPSA) is 108 Å². The predicted molar refractivity (Wildman–Crippen MR) is 145 cm³/mol. The van der Waals surface area contributed by atoms with Gasteiger partial charge in [-0.15, -0.1) is 5.10 Å². The van der Waals surface area contributed by atoms with Crippen LogP contribution in [0, 0.1) is 13.8 Å². The molecule has 202 valence electrons. The van der Waals surface area contributed by atoms with Crippen molar-refractivity contribution < 1.29 is 14.6 Å². The first-order valence-corrected chi connectivity index (χ1v) is 13.0. The molecule has 0 spiro atoms. The van der Waals surface area contributed by atoms with Crippen molar-refractivity contribution in [3.05, 3.63) is 40.9 Å². The lowest BCUT2D eigenvalue weighted by molar-refractivity contribution is 0.145. The van der Waals surface area contributed by atoms with Crippen molar-refractivity contribution in [3.63, 3.8) is 0 Å². The molecule has 0 aromatic carbocycles. The van der Waals surface area contributed by atoms with E-state index in [4.69, 9.17) is 24.5 Å². The van der Waals surface area contributed by atoms with E-state index >= 15 is 0 Å². The highest BCUT2D eigenvalue weighted by Crippen LogP contribution is 2.34. The van der Waals surface area contributed by atoms with Crippen LogP contribution in [0.25, 0.3) is 28.9 Å². The second kappa shape index (κ2) is 10.2. The van der Waals surface area contributed by atoms with E-state index in [0.717, 1.165) is 45.2 Å². The highest BCUT2D eigenvalue weighted by molar-refractivity contribution is 5.74. The lowest BCUT2D eigenvalue weighted by atomic mass is 10.2. The van der Waals surface area contributed by atoms with Gasteiger partial charge in [-0.1, -0.05) is 0 Å². The van der Waals surface area contributed by atoms with Gasteiger partial charge in [0, 0.05) is 26.3 Å². The first-order valence-electron chi connectivity index (χ1n) is 13.0.